The monoisotopic (exact) mass is 488 g/mol. The first-order chi connectivity index (χ1) is 17.4. The number of nitrogens with zero attached hydrogens (tertiary/aromatic N) is 3. The van der Waals surface area contributed by atoms with E-state index in [4.69, 9.17) is 10.5 Å². The highest BCUT2D eigenvalue weighted by Crippen LogP contribution is 2.38. The highest BCUT2D eigenvalue weighted by Gasteiger charge is 2.47. The number of morpholine rings is 1. The number of likely N-dealkylation sites (tertiary alicyclic amines) is 1. The molecule has 2 aliphatic heterocycles. The lowest BCUT2D eigenvalue weighted by atomic mass is 9.87. The lowest BCUT2D eigenvalue weighted by Crippen LogP contribution is -2.60. The number of ether oxygens (including phenoxy) is 1. The standard InChI is InChI=1S/C28H29FN4O3/c29-23-14-19(20-4-3-18-2-1-11-31-24(18)15-20)5-8-22(23)26(27(30)35)32-12-9-28(10-13-32)17-33(21-6-7-21)25(34)16-36-28/h1-5,8,11,14-15,21,26H,6-7,9-10,12-13,16-17H2,(H2,30,35). The van der Waals surface area contributed by atoms with Gasteiger partial charge in [-0.15, -0.1) is 0 Å². The topological polar surface area (TPSA) is 88.8 Å². The molecule has 3 fully saturated rings. The number of pyridine rings is 1. The first-order valence-corrected chi connectivity index (χ1v) is 12.5. The second-order valence-electron chi connectivity index (χ2n) is 10.2. The molecule has 1 saturated carbocycles. The summed E-state index contributed by atoms with van der Waals surface area (Å²) in [5.74, 6) is -0.978. The summed E-state index contributed by atoms with van der Waals surface area (Å²) in [6.07, 6.45) is 5.18. The number of hydrogen-bond donors (Lipinski definition) is 1. The number of carbonyl (C=O) groups is 2. The second kappa shape index (κ2) is 8.94. The molecule has 186 valence electrons. The summed E-state index contributed by atoms with van der Waals surface area (Å²) in [6, 6.07) is 14.1. The number of benzene rings is 2. The van der Waals surface area contributed by atoms with Crippen LogP contribution in [0.4, 0.5) is 4.39 Å². The van der Waals surface area contributed by atoms with E-state index in [1.165, 1.54) is 6.07 Å². The SMILES string of the molecule is NC(=O)C(c1ccc(-c2ccc3cccnc3c2)cc1F)N1CCC2(CC1)CN(C1CC1)C(=O)CO2. The van der Waals surface area contributed by atoms with Crippen molar-refractivity contribution in [2.75, 3.05) is 26.2 Å². The summed E-state index contributed by atoms with van der Waals surface area (Å²) in [7, 11) is 0. The average molecular weight is 489 g/mol. The first-order valence-electron chi connectivity index (χ1n) is 12.5. The maximum absolute atomic E-state index is 15.4. The number of amides is 2. The number of rotatable bonds is 5. The van der Waals surface area contributed by atoms with Crippen LogP contribution in [0, 0.1) is 5.82 Å². The van der Waals surface area contributed by atoms with Gasteiger partial charge in [-0.25, -0.2) is 4.39 Å². The van der Waals surface area contributed by atoms with Crippen molar-refractivity contribution in [3.63, 3.8) is 0 Å². The van der Waals surface area contributed by atoms with Crippen LogP contribution in [0.2, 0.25) is 0 Å². The third-order valence-corrected chi connectivity index (χ3v) is 7.85. The van der Waals surface area contributed by atoms with Crippen LogP contribution in [0.15, 0.2) is 54.7 Å². The number of carbonyl (C=O) groups excluding carboxylic acids is 2. The Labute approximate surface area is 209 Å². The zero-order valence-corrected chi connectivity index (χ0v) is 20.0. The third kappa shape index (κ3) is 4.24. The minimum atomic E-state index is -0.862. The number of hydrogen-bond acceptors (Lipinski definition) is 5. The Balaban J connectivity index is 1.21. The molecule has 1 aromatic heterocycles. The predicted molar refractivity (Wildman–Crippen MR) is 133 cm³/mol. The molecule has 1 unspecified atom stereocenters. The van der Waals surface area contributed by atoms with Crippen molar-refractivity contribution in [1.82, 2.24) is 14.8 Å². The number of fused-ring (bicyclic) bond motifs is 1. The van der Waals surface area contributed by atoms with Crippen LogP contribution in [0.25, 0.3) is 22.0 Å². The fourth-order valence-electron chi connectivity index (χ4n) is 5.66. The quantitative estimate of drug-likeness (QED) is 0.595. The van der Waals surface area contributed by atoms with Crippen molar-refractivity contribution < 1.29 is 18.7 Å². The Morgan fingerprint density at radius 1 is 1.11 bits per heavy atom. The Kier molecular flexibility index (Phi) is 5.73. The molecule has 8 heteroatoms. The molecule has 1 atom stereocenters. The summed E-state index contributed by atoms with van der Waals surface area (Å²) in [5.41, 5.74) is 8.08. The first kappa shape index (κ1) is 23.1. The smallest absolute Gasteiger partial charge is 0.248 e. The molecule has 2 saturated heterocycles. The fraction of sp³-hybridized carbons (Fsp3) is 0.393. The highest BCUT2D eigenvalue weighted by molar-refractivity contribution is 5.85. The molecule has 7 nitrogen and oxygen atoms in total. The fourth-order valence-corrected chi connectivity index (χ4v) is 5.66. The molecule has 0 bridgehead atoms. The number of nitrogens with two attached hydrogens (primary N) is 1. The Morgan fingerprint density at radius 3 is 2.58 bits per heavy atom. The molecule has 1 spiro atoms. The average Bonchev–Trinajstić information content (AvgIpc) is 3.73. The van der Waals surface area contributed by atoms with Gasteiger partial charge in [0.05, 0.1) is 17.7 Å². The predicted octanol–water partition coefficient (Wildman–Crippen LogP) is 3.42. The highest BCUT2D eigenvalue weighted by atomic mass is 19.1. The van der Waals surface area contributed by atoms with E-state index in [-0.39, 0.29) is 18.1 Å². The second-order valence-corrected chi connectivity index (χ2v) is 10.2. The maximum Gasteiger partial charge on any atom is 0.248 e. The van der Waals surface area contributed by atoms with E-state index in [1.54, 1.807) is 12.3 Å². The lowest BCUT2D eigenvalue weighted by molar-refractivity contribution is -0.173. The van der Waals surface area contributed by atoms with E-state index < -0.39 is 23.4 Å². The Hall–Kier alpha value is -3.36. The van der Waals surface area contributed by atoms with E-state index >= 15 is 4.39 Å². The van der Waals surface area contributed by atoms with Gasteiger partial charge in [-0.3, -0.25) is 19.5 Å². The minimum Gasteiger partial charge on any atom is -0.368 e. The molecule has 3 heterocycles. The number of halogens is 1. The Bertz CT molecular complexity index is 1330. The van der Waals surface area contributed by atoms with Crippen molar-refractivity contribution in [2.24, 2.45) is 5.73 Å². The number of primary amides is 1. The molecule has 2 aromatic carbocycles. The van der Waals surface area contributed by atoms with E-state index in [9.17, 15) is 9.59 Å². The van der Waals surface area contributed by atoms with Gasteiger partial charge in [0, 0.05) is 36.3 Å². The van der Waals surface area contributed by atoms with Gasteiger partial charge in [-0.2, -0.15) is 0 Å². The van der Waals surface area contributed by atoms with Crippen molar-refractivity contribution in [1.29, 1.82) is 0 Å². The van der Waals surface area contributed by atoms with Gasteiger partial charge in [0.2, 0.25) is 11.8 Å². The third-order valence-electron chi connectivity index (χ3n) is 7.85. The molecule has 3 aromatic rings. The summed E-state index contributed by atoms with van der Waals surface area (Å²) in [5, 5.41) is 1.02. The van der Waals surface area contributed by atoms with Gasteiger partial charge in [0.15, 0.2) is 0 Å². The molecule has 36 heavy (non-hydrogen) atoms. The lowest BCUT2D eigenvalue weighted by Gasteiger charge is -2.48. The number of piperidine rings is 1. The largest absolute Gasteiger partial charge is 0.368 e. The number of aromatic nitrogens is 1. The maximum atomic E-state index is 15.4. The van der Waals surface area contributed by atoms with Crippen LogP contribution in [0.1, 0.15) is 37.3 Å². The normalized spacial score (nSPS) is 21.1. The van der Waals surface area contributed by atoms with Crippen molar-refractivity contribution >= 4 is 22.7 Å². The molecular weight excluding hydrogens is 459 g/mol. The zero-order chi connectivity index (χ0) is 24.9. The molecule has 2 amide bonds. The van der Waals surface area contributed by atoms with Crippen molar-refractivity contribution in [2.45, 2.75) is 43.4 Å². The van der Waals surface area contributed by atoms with Gasteiger partial charge in [0.1, 0.15) is 18.5 Å². The Morgan fingerprint density at radius 2 is 1.86 bits per heavy atom. The molecule has 3 aliphatic rings. The van der Waals surface area contributed by atoms with Crippen LogP contribution >= 0.6 is 0 Å². The van der Waals surface area contributed by atoms with Crippen LogP contribution in [-0.4, -0.2) is 64.5 Å². The van der Waals surface area contributed by atoms with Gasteiger partial charge >= 0.3 is 0 Å². The van der Waals surface area contributed by atoms with Gasteiger partial charge in [0.25, 0.3) is 0 Å². The minimum absolute atomic E-state index is 0.0601. The zero-order valence-electron chi connectivity index (χ0n) is 20.0. The van der Waals surface area contributed by atoms with Crippen molar-refractivity contribution in [3.05, 3.63) is 66.1 Å². The van der Waals surface area contributed by atoms with Crippen LogP contribution in [0.3, 0.4) is 0 Å². The summed E-state index contributed by atoms with van der Waals surface area (Å²) < 4.78 is 21.5. The summed E-state index contributed by atoms with van der Waals surface area (Å²) in [6.45, 7) is 1.78. The van der Waals surface area contributed by atoms with Crippen LogP contribution in [-0.2, 0) is 14.3 Å². The van der Waals surface area contributed by atoms with Crippen LogP contribution in [0.5, 0.6) is 0 Å². The summed E-state index contributed by atoms with van der Waals surface area (Å²) in [4.78, 5) is 33.1. The van der Waals surface area contributed by atoms with Crippen LogP contribution < -0.4 is 5.73 Å². The molecule has 1 aliphatic carbocycles. The molecule has 0 radical (unpaired) electrons. The molecule has 2 N–H and O–H groups in total. The van der Waals surface area contributed by atoms with Gasteiger partial charge in [-0.1, -0.05) is 30.3 Å². The van der Waals surface area contributed by atoms with E-state index in [1.807, 2.05) is 46.2 Å². The van der Waals surface area contributed by atoms with E-state index in [2.05, 4.69) is 4.98 Å². The molecule has 6 rings (SSSR count). The van der Waals surface area contributed by atoms with E-state index in [0.717, 1.165) is 29.3 Å². The summed E-state index contributed by atoms with van der Waals surface area (Å²) >= 11 is 0. The molecular formula is C28H29FN4O3. The van der Waals surface area contributed by atoms with Gasteiger partial charge < -0.3 is 15.4 Å². The van der Waals surface area contributed by atoms with E-state index in [0.29, 0.717) is 44.1 Å². The van der Waals surface area contributed by atoms with Crippen molar-refractivity contribution in [3.8, 4) is 11.1 Å². The van der Waals surface area contributed by atoms with Gasteiger partial charge in [-0.05, 0) is 55.0 Å².